The number of anilines is 1. The quantitative estimate of drug-likeness (QED) is 0.893. The van der Waals surface area contributed by atoms with Crippen LogP contribution in [0.4, 0.5) is 5.95 Å². The molecular weight excluding hydrogens is 270 g/mol. The standard InChI is InChI=1S/C16H20ClN3/c1-12-11-20(15-7-2-3-8-15)16(19-12)18-10-13-5-4-6-14(17)9-13/h4-6,9,11,15H,2-3,7-8,10H2,1H3,(H,18,19). The van der Waals surface area contributed by atoms with Crippen LogP contribution < -0.4 is 5.32 Å². The van der Waals surface area contributed by atoms with Crippen molar-refractivity contribution in [2.75, 3.05) is 5.32 Å². The summed E-state index contributed by atoms with van der Waals surface area (Å²) in [5.74, 6) is 0.981. The van der Waals surface area contributed by atoms with Crippen LogP contribution >= 0.6 is 11.6 Å². The summed E-state index contributed by atoms with van der Waals surface area (Å²) in [5.41, 5.74) is 2.25. The highest BCUT2D eigenvalue weighted by molar-refractivity contribution is 6.30. The minimum absolute atomic E-state index is 0.609. The van der Waals surface area contributed by atoms with Crippen LogP contribution in [0.25, 0.3) is 0 Å². The zero-order valence-corrected chi connectivity index (χ0v) is 12.5. The predicted octanol–water partition coefficient (Wildman–Crippen LogP) is 4.57. The van der Waals surface area contributed by atoms with Gasteiger partial charge in [-0.05, 0) is 37.5 Å². The molecule has 106 valence electrons. The van der Waals surface area contributed by atoms with Gasteiger partial charge in [0.1, 0.15) is 0 Å². The van der Waals surface area contributed by atoms with Gasteiger partial charge in [0.2, 0.25) is 5.95 Å². The summed E-state index contributed by atoms with van der Waals surface area (Å²) >= 11 is 6.02. The van der Waals surface area contributed by atoms with Gasteiger partial charge < -0.3 is 9.88 Å². The molecule has 1 N–H and O–H groups in total. The fourth-order valence-corrected chi connectivity index (χ4v) is 3.15. The molecule has 1 aromatic heterocycles. The number of benzene rings is 1. The van der Waals surface area contributed by atoms with Gasteiger partial charge in [0, 0.05) is 23.8 Å². The summed E-state index contributed by atoms with van der Waals surface area (Å²) in [6.07, 6.45) is 7.35. The Morgan fingerprint density at radius 3 is 2.90 bits per heavy atom. The lowest BCUT2D eigenvalue weighted by Gasteiger charge is -2.15. The molecule has 0 saturated heterocycles. The van der Waals surface area contributed by atoms with Gasteiger partial charge in [-0.2, -0.15) is 0 Å². The first-order chi connectivity index (χ1) is 9.72. The lowest BCUT2D eigenvalue weighted by molar-refractivity contribution is 0.522. The molecular formula is C16H20ClN3. The van der Waals surface area contributed by atoms with Crippen LogP contribution in [0.5, 0.6) is 0 Å². The Labute approximate surface area is 125 Å². The van der Waals surface area contributed by atoms with E-state index in [4.69, 9.17) is 11.6 Å². The number of nitrogens with zero attached hydrogens (tertiary/aromatic N) is 2. The highest BCUT2D eigenvalue weighted by Gasteiger charge is 2.19. The highest BCUT2D eigenvalue weighted by Crippen LogP contribution is 2.32. The molecule has 3 rings (SSSR count). The normalized spacial score (nSPS) is 15.7. The zero-order valence-electron chi connectivity index (χ0n) is 11.8. The van der Waals surface area contributed by atoms with E-state index in [0.29, 0.717) is 6.04 Å². The summed E-state index contributed by atoms with van der Waals surface area (Å²) in [6.45, 7) is 2.81. The summed E-state index contributed by atoms with van der Waals surface area (Å²) in [7, 11) is 0. The lowest BCUT2D eigenvalue weighted by Crippen LogP contribution is -2.10. The molecule has 1 aromatic carbocycles. The number of hydrogen-bond acceptors (Lipinski definition) is 2. The topological polar surface area (TPSA) is 29.9 Å². The van der Waals surface area contributed by atoms with Crippen LogP contribution in [0.15, 0.2) is 30.5 Å². The Morgan fingerprint density at radius 2 is 2.15 bits per heavy atom. The zero-order chi connectivity index (χ0) is 13.9. The second kappa shape index (κ2) is 5.88. The predicted molar refractivity (Wildman–Crippen MR) is 83.2 cm³/mol. The van der Waals surface area contributed by atoms with Crippen molar-refractivity contribution in [3.05, 3.63) is 46.7 Å². The molecule has 1 aliphatic carbocycles. The number of nitrogens with one attached hydrogen (secondary N) is 1. The Kier molecular flexibility index (Phi) is 3.97. The first kappa shape index (κ1) is 13.5. The molecule has 1 heterocycles. The second-order valence-electron chi connectivity index (χ2n) is 5.53. The fourth-order valence-electron chi connectivity index (χ4n) is 2.94. The Balaban J connectivity index is 1.73. The van der Waals surface area contributed by atoms with E-state index in [1.807, 2.05) is 18.2 Å². The third-order valence-electron chi connectivity index (χ3n) is 3.91. The molecule has 4 heteroatoms. The van der Waals surface area contributed by atoms with Crippen molar-refractivity contribution in [1.29, 1.82) is 0 Å². The van der Waals surface area contributed by atoms with E-state index in [9.17, 15) is 0 Å². The average molecular weight is 290 g/mol. The fraction of sp³-hybridized carbons (Fsp3) is 0.438. The van der Waals surface area contributed by atoms with Gasteiger partial charge in [0.25, 0.3) is 0 Å². The summed E-state index contributed by atoms with van der Waals surface area (Å²) in [5, 5.41) is 4.23. The first-order valence-corrected chi connectivity index (χ1v) is 7.64. The number of aromatic nitrogens is 2. The molecule has 0 amide bonds. The largest absolute Gasteiger partial charge is 0.352 e. The SMILES string of the molecule is Cc1cn(C2CCCC2)c(NCc2cccc(Cl)c2)n1. The van der Waals surface area contributed by atoms with Crippen LogP contribution in [0, 0.1) is 6.92 Å². The third-order valence-corrected chi connectivity index (χ3v) is 4.15. The summed E-state index contributed by atoms with van der Waals surface area (Å²) in [4.78, 5) is 4.61. The van der Waals surface area contributed by atoms with Crippen LogP contribution in [0.2, 0.25) is 5.02 Å². The van der Waals surface area contributed by atoms with Gasteiger partial charge in [0.15, 0.2) is 0 Å². The lowest BCUT2D eigenvalue weighted by atomic mass is 10.2. The van der Waals surface area contributed by atoms with Gasteiger partial charge >= 0.3 is 0 Å². The summed E-state index contributed by atoms with van der Waals surface area (Å²) in [6, 6.07) is 8.56. The molecule has 0 unspecified atom stereocenters. The monoisotopic (exact) mass is 289 g/mol. The molecule has 2 aromatic rings. The van der Waals surface area contributed by atoms with E-state index in [-0.39, 0.29) is 0 Å². The van der Waals surface area contributed by atoms with Gasteiger partial charge in [-0.25, -0.2) is 4.98 Å². The minimum atomic E-state index is 0.609. The van der Waals surface area contributed by atoms with Crippen LogP contribution in [0.3, 0.4) is 0 Å². The van der Waals surface area contributed by atoms with Crippen LogP contribution in [-0.2, 0) is 6.54 Å². The molecule has 1 fully saturated rings. The Morgan fingerprint density at radius 1 is 1.35 bits per heavy atom. The van der Waals surface area contributed by atoms with E-state index >= 15 is 0 Å². The molecule has 0 bridgehead atoms. The number of aryl methyl sites for hydroxylation is 1. The minimum Gasteiger partial charge on any atom is -0.352 e. The van der Waals surface area contributed by atoms with Crippen molar-refractivity contribution in [3.8, 4) is 0 Å². The highest BCUT2D eigenvalue weighted by atomic mass is 35.5. The number of rotatable bonds is 4. The molecule has 1 aliphatic rings. The van der Waals surface area contributed by atoms with Crippen LogP contribution in [-0.4, -0.2) is 9.55 Å². The summed E-state index contributed by atoms with van der Waals surface area (Å²) < 4.78 is 2.31. The smallest absolute Gasteiger partial charge is 0.203 e. The van der Waals surface area contributed by atoms with Gasteiger partial charge in [-0.1, -0.05) is 36.6 Å². The molecule has 0 atom stereocenters. The maximum Gasteiger partial charge on any atom is 0.203 e. The van der Waals surface area contributed by atoms with Crippen molar-refractivity contribution in [2.45, 2.75) is 45.2 Å². The Hall–Kier alpha value is -1.48. The first-order valence-electron chi connectivity index (χ1n) is 7.26. The van der Waals surface area contributed by atoms with Crippen molar-refractivity contribution in [2.24, 2.45) is 0 Å². The van der Waals surface area contributed by atoms with Gasteiger partial charge in [-0.15, -0.1) is 0 Å². The van der Waals surface area contributed by atoms with Gasteiger partial charge in [0.05, 0.1) is 5.69 Å². The molecule has 20 heavy (non-hydrogen) atoms. The van der Waals surface area contributed by atoms with E-state index in [2.05, 4.69) is 34.1 Å². The number of halogens is 1. The van der Waals surface area contributed by atoms with E-state index in [0.717, 1.165) is 23.2 Å². The molecule has 3 nitrogen and oxygen atoms in total. The van der Waals surface area contributed by atoms with Gasteiger partial charge in [-0.3, -0.25) is 0 Å². The number of hydrogen-bond donors (Lipinski definition) is 1. The molecule has 0 aliphatic heterocycles. The van der Waals surface area contributed by atoms with E-state index in [1.54, 1.807) is 0 Å². The molecule has 1 saturated carbocycles. The maximum atomic E-state index is 6.02. The molecule has 0 spiro atoms. The van der Waals surface area contributed by atoms with E-state index in [1.165, 1.54) is 31.2 Å². The average Bonchev–Trinajstić information content (AvgIpc) is 3.05. The second-order valence-corrected chi connectivity index (χ2v) is 5.97. The Bertz CT molecular complexity index is 585. The van der Waals surface area contributed by atoms with E-state index < -0.39 is 0 Å². The van der Waals surface area contributed by atoms with Crippen LogP contribution in [0.1, 0.15) is 43.0 Å². The van der Waals surface area contributed by atoms with Crippen molar-refractivity contribution in [1.82, 2.24) is 9.55 Å². The third kappa shape index (κ3) is 2.98. The maximum absolute atomic E-state index is 6.02. The van der Waals surface area contributed by atoms with Crippen molar-refractivity contribution in [3.63, 3.8) is 0 Å². The molecule has 0 radical (unpaired) electrons. The van der Waals surface area contributed by atoms with Crippen molar-refractivity contribution < 1.29 is 0 Å². The van der Waals surface area contributed by atoms with Crippen molar-refractivity contribution >= 4 is 17.5 Å². The number of imidazole rings is 1.